The summed E-state index contributed by atoms with van der Waals surface area (Å²) in [5.41, 5.74) is 0.861. The summed E-state index contributed by atoms with van der Waals surface area (Å²) < 4.78 is 5.62. The molecule has 0 atom stereocenters. The monoisotopic (exact) mass is 400 g/mol. The van der Waals surface area contributed by atoms with E-state index < -0.39 is 0 Å². The zero-order valence-corrected chi connectivity index (χ0v) is 16.6. The van der Waals surface area contributed by atoms with Gasteiger partial charge in [0, 0.05) is 51.4 Å². The molecule has 29 heavy (non-hydrogen) atoms. The molecule has 2 aliphatic heterocycles. The molecule has 1 aromatic rings. The van der Waals surface area contributed by atoms with Crippen LogP contribution in [-0.2, 0) is 14.4 Å². The van der Waals surface area contributed by atoms with E-state index in [-0.39, 0.29) is 24.3 Å². The Morgan fingerprint density at radius 1 is 1.10 bits per heavy atom. The molecule has 3 rings (SSSR count). The van der Waals surface area contributed by atoms with Crippen LogP contribution in [0.25, 0.3) is 0 Å². The lowest BCUT2D eigenvalue weighted by atomic mass is 10.3. The number of ether oxygens (including phenoxy) is 1. The molecule has 156 valence electrons. The summed E-state index contributed by atoms with van der Waals surface area (Å²) in [6, 6.07) is 7.26. The number of carbonyl (C=O) groups excluding carboxylic acids is 3. The van der Waals surface area contributed by atoms with E-state index in [1.165, 1.54) is 0 Å². The maximum atomic E-state index is 12.4. The van der Waals surface area contributed by atoms with E-state index in [1.54, 1.807) is 28.0 Å². The van der Waals surface area contributed by atoms with Crippen molar-refractivity contribution in [2.45, 2.75) is 12.8 Å². The average molecular weight is 400 g/mol. The van der Waals surface area contributed by atoms with Crippen LogP contribution in [0.5, 0.6) is 5.75 Å². The van der Waals surface area contributed by atoms with Crippen molar-refractivity contribution in [2.24, 2.45) is 0 Å². The zero-order valence-electron chi connectivity index (χ0n) is 16.6. The third kappa shape index (κ3) is 5.80. The Labute approximate surface area is 171 Å². The van der Waals surface area contributed by atoms with Gasteiger partial charge >= 0.3 is 0 Å². The third-order valence-electron chi connectivity index (χ3n) is 5.12. The fourth-order valence-corrected chi connectivity index (χ4v) is 3.48. The van der Waals surface area contributed by atoms with Crippen molar-refractivity contribution in [1.82, 2.24) is 15.1 Å². The third-order valence-corrected chi connectivity index (χ3v) is 5.12. The highest BCUT2D eigenvalue weighted by Gasteiger charge is 2.23. The van der Waals surface area contributed by atoms with Gasteiger partial charge in [-0.2, -0.15) is 0 Å². The smallest absolute Gasteiger partial charge is 0.260 e. The van der Waals surface area contributed by atoms with E-state index in [1.807, 2.05) is 17.0 Å². The lowest BCUT2D eigenvalue weighted by Crippen LogP contribution is -2.52. The Hall–Kier alpha value is -2.87. The standard InChI is InChI=1S/C21H28N4O4/c1-2-9-22-19(26)15-23-11-13-24(14-12-23)21(28)16-29-18-7-5-17(6-8-18)25-10-3-4-20(25)27/h2,5-8H,1,3-4,9-16H2,(H,22,26). The highest BCUT2D eigenvalue weighted by atomic mass is 16.5. The first-order valence-electron chi connectivity index (χ1n) is 9.98. The predicted molar refractivity (Wildman–Crippen MR) is 110 cm³/mol. The normalized spacial score (nSPS) is 17.3. The van der Waals surface area contributed by atoms with Crippen molar-refractivity contribution in [2.75, 3.05) is 57.3 Å². The Bertz CT molecular complexity index is 742. The molecule has 2 fully saturated rings. The van der Waals surface area contributed by atoms with Gasteiger partial charge in [-0.1, -0.05) is 6.08 Å². The molecule has 2 aliphatic rings. The Balaban J connectivity index is 1.39. The Morgan fingerprint density at radius 2 is 1.83 bits per heavy atom. The highest BCUT2D eigenvalue weighted by molar-refractivity contribution is 5.95. The lowest BCUT2D eigenvalue weighted by molar-refractivity contribution is -0.135. The van der Waals surface area contributed by atoms with Crippen molar-refractivity contribution < 1.29 is 19.1 Å². The molecule has 0 bridgehead atoms. The van der Waals surface area contributed by atoms with Gasteiger partial charge in [0.05, 0.1) is 6.54 Å². The molecule has 0 saturated carbocycles. The van der Waals surface area contributed by atoms with E-state index in [4.69, 9.17) is 4.74 Å². The SMILES string of the molecule is C=CCNC(=O)CN1CCN(C(=O)COc2ccc(N3CCCC3=O)cc2)CC1. The zero-order chi connectivity index (χ0) is 20.6. The molecule has 1 aromatic carbocycles. The fraction of sp³-hybridized carbons (Fsp3) is 0.476. The molecule has 0 aliphatic carbocycles. The van der Waals surface area contributed by atoms with E-state index in [0.29, 0.717) is 51.4 Å². The van der Waals surface area contributed by atoms with Crippen LogP contribution < -0.4 is 15.0 Å². The number of hydrogen-bond donors (Lipinski definition) is 1. The first-order valence-corrected chi connectivity index (χ1v) is 9.98. The van der Waals surface area contributed by atoms with Crippen LogP contribution in [0.1, 0.15) is 12.8 Å². The first kappa shape index (κ1) is 20.9. The van der Waals surface area contributed by atoms with E-state index >= 15 is 0 Å². The number of carbonyl (C=O) groups is 3. The van der Waals surface area contributed by atoms with Crippen LogP contribution in [0.15, 0.2) is 36.9 Å². The Kier molecular flexibility index (Phi) is 7.24. The number of anilines is 1. The maximum Gasteiger partial charge on any atom is 0.260 e. The molecule has 8 nitrogen and oxygen atoms in total. The van der Waals surface area contributed by atoms with Gasteiger partial charge in [-0.15, -0.1) is 6.58 Å². The summed E-state index contributed by atoms with van der Waals surface area (Å²) in [7, 11) is 0. The van der Waals surface area contributed by atoms with Gasteiger partial charge in [-0.3, -0.25) is 19.3 Å². The summed E-state index contributed by atoms with van der Waals surface area (Å²) in [6.45, 7) is 7.56. The van der Waals surface area contributed by atoms with Crippen LogP contribution in [0.2, 0.25) is 0 Å². The number of benzene rings is 1. The Morgan fingerprint density at radius 3 is 2.45 bits per heavy atom. The summed E-state index contributed by atoms with van der Waals surface area (Å²) in [4.78, 5) is 41.5. The van der Waals surface area contributed by atoms with E-state index in [2.05, 4.69) is 11.9 Å². The molecule has 1 N–H and O–H groups in total. The minimum absolute atomic E-state index is 0.0260. The minimum atomic E-state index is -0.0699. The van der Waals surface area contributed by atoms with Crippen molar-refractivity contribution in [3.8, 4) is 5.75 Å². The van der Waals surface area contributed by atoms with Crippen molar-refractivity contribution >= 4 is 23.4 Å². The van der Waals surface area contributed by atoms with E-state index in [9.17, 15) is 14.4 Å². The van der Waals surface area contributed by atoms with Gasteiger partial charge in [-0.05, 0) is 30.7 Å². The summed E-state index contributed by atoms with van der Waals surface area (Å²) in [6.07, 6.45) is 3.13. The quantitative estimate of drug-likeness (QED) is 0.648. The molecule has 0 spiro atoms. The van der Waals surface area contributed by atoms with Gasteiger partial charge in [0.25, 0.3) is 5.91 Å². The molecule has 0 unspecified atom stereocenters. The topological polar surface area (TPSA) is 82.2 Å². The minimum Gasteiger partial charge on any atom is -0.484 e. The van der Waals surface area contributed by atoms with Crippen molar-refractivity contribution in [1.29, 1.82) is 0 Å². The fourth-order valence-electron chi connectivity index (χ4n) is 3.48. The molecule has 3 amide bonds. The number of nitrogens with zero attached hydrogens (tertiary/aromatic N) is 3. The number of piperazine rings is 1. The maximum absolute atomic E-state index is 12.4. The van der Waals surface area contributed by atoms with Crippen LogP contribution in [0, 0.1) is 0 Å². The number of rotatable bonds is 8. The van der Waals surface area contributed by atoms with Gasteiger partial charge in [0.15, 0.2) is 6.61 Å². The number of nitrogens with one attached hydrogen (secondary N) is 1. The summed E-state index contributed by atoms with van der Waals surface area (Å²) >= 11 is 0. The van der Waals surface area contributed by atoms with Gasteiger partial charge in [0.1, 0.15) is 5.75 Å². The molecule has 0 radical (unpaired) electrons. The van der Waals surface area contributed by atoms with Gasteiger partial charge < -0.3 is 19.9 Å². The molecular weight excluding hydrogens is 372 g/mol. The van der Waals surface area contributed by atoms with Crippen LogP contribution in [0.3, 0.4) is 0 Å². The van der Waals surface area contributed by atoms with Crippen LogP contribution >= 0.6 is 0 Å². The lowest BCUT2D eigenvalue weighted by Gasteiger charge is -2.34. The van der Waals surface area contributed by atoms with Crippen molar-refractivity contribution in [3.05, 3.63) is 36.9 Å². The van der Waals surface area contributed by atoms with Gasteiger partial charge in [0.2, 0.25) is 11.8 Å². The molecule has 8 heteroatoms. The molecule has 2 heterocycles. The predicted octanol–water partition coefficient (Wildman–Crippen LogP) is 0.639. The second-order valence-corrected chi connectivity index (χ2v) is 7.18. The van der Waals surface area contributed by atoms with Crippen molar-refractivity contribution in [3.63, 3.8) is 0 Å². The second kappa shape index (κ2) is 10.1. The second-order valence-electron chi connectivity index (χ2n) is 7.18. The average Bonchev–Trinajstić information content (AvgIpc) is 3.17. The van der Waals surface area contributed by atoms with Gasteiger partial charge in [-0.25, -0.2) is 0 Å². The van der Waals surface area contributed by atoms with Crippen LogP contribution in [-0.4, -0.2) is 79.9 Å². The largest absolute Gasteiger partial charge is 0.484 e. The first-order chi connectivity index (χ1) is 14.1. The number of amides is 3. The summed E-state index contributed by atoms with van der Waals surface area (Å²) in [5, 5.41) is 2.76. The van der Waals surface area contributed by atoms with E-state index in [0.717, 1.165) is 18.7 Å². The van der Waals surface area contributed by atoms with Crippen LogP contribution in [0.4, 0.5) is 5.69 Å². The highest BCUT2D eigenvalue weighted by Crippen LogP contribution is 2.23. The summed E-state index contributed by atoms with van der Waals surface area (Å²) in [5.74, 6) is 0.643. The molecular formula is C21H28N4O4. The molecule has 0 aromatic heterocycles. The number of hydrogen-bond acceptors (Lipinski definition) is 5. The molecule has 2 saturated heterocycles.